The molecule has 3 aromatic rings. The summed E-state index contributed by atoms with van der Waals surface area (Å²) in [6.45, 7) is 0.654. The number of pyridine rings is 1. The highest BCUT2D eigenvalue weighted by molar-refractivity contribution is 7.98. The Kier molecular flexibility index (Phi) is 6.70. The highest BCUT2D eigenvalue weighted by Crippen LogP contribution is 2.32. The smallest absolute Gasteiger partial charge is 0.255 e. The van der Waals surface area contributed by atoms with Crippen molar-refractivity contribution in [2.75, 3.05) is 43.4 Å². The molecule has 1 aromatic carbocycles. The second-order valence-corrected chi connectivity index (χ2v) is 8.90. The van der Waals surface area contributed by atoms with Crippen molar-refractivity contribution in [3.05, 3.63) is 42.7 Å². The molecule has 0 radical (unpaired) electrons. The zero-order valence-corrected chi connectivity index (χ0v) is 18.6. The minimum absolute atomic E-state index is 0.0811. The average molecular weight is 462 g/mol. The van der Waals surface area contributed by atoms with Gasteiger partial charge in [0.15, 0.2) is 5.82 Å². The molecule has 0 amide bonds. The number of nitrogens with zero attached hydrogens (tertiary/aromatic N) is 5. The van der Waals surface area contributed by atoms with Crippen molar-refractivity contribution in [1.82, 2.24) is 24.7 Å². The quantitative estimate of drug-likeness (QED) is 0.360. The first-order valence-electron chi connectivity index (χ1n) is 10.2. The molecular formula is C21H25F2N7OS. The van der Waals surface area contributed by atoms with E-state index in [9.17, 15) is 14.0 Å². The summed E-state index contributed by atoms with van der Waals surface area (Å²) in [5.41, 5.74) is 3.58. The zero-order valence-electron chi connectivity index (χ0n) is 17.8. The van der Waals surface area contributed by atoms with Crippen molar-refractivity contribution in [1.29, 1.82) is 0 Å². The third-order valence-electron chi connectivity index (χ3n) is 5.36. The van der Waals surface area contributed by atoms with Gasteiger partial charge in [-0.2, -0.15) is 0 Å². The Morgan fingerprint density at radius 2 is 1.97 bits per heavy atom. The molecule has 0 aliphatic carbocycles. The van der Waals surface area contributed by atoms with Crippen molar-refractivity contribution in [2.45, 2.75) is 12.3 Å². The fraction of sp³-hybridized carbons (Fsp3) is 0.381. The number of fused-ring (bicyclic) bond motifs is 1. The van der Waals surface area contributed by atoms with E-state index < -0.39 is 11.8 Å². The fourth-order valence-electron chi connectivity index (χ4n) is 3.64. The summed E-state index contributed by atoms with van der Waals surface area (Å²) in [7, 11) is 3.39. The molecule has 1 fully saturated rings. The van der Waals surface area contributed by atoms with E-state index in [1.54, 1.807) is 19.4 Å². The van der Waals surface area contributed by atoms with E-state index in [0.29, 0.717) is 29.1 Å². The number of benzene rings is 1. The maximum atomic E-state index is 14.3. The topological polar surface area (TPSA) is 89.4 Å². The Morgan fingerprint density at radius 3 is 2.69 bits per heavy atom. The van der Waals surface area contributed by atoms with Crippen LogP contribution in [0.25, 0.3) is 22.3 Å². The Hall–Kier alpha value is -2.60. The number of anilines is 2. The maximum Gasteiger partial charge on any atom is 0.255 e. The normalized spacial score (nSPS) is 18.1. The molecule has 1 aliphatic heterocycles. The van der Waals surface area contributed by atoms with Crippen molar-refractivity contribution < 1.29 is 14.0 Å². The van der Waals surface area contributed by atoms with Crippen LogP contribution in [0.15, 0.2) is 42.7 Å². The number of nitrogens with one attached hydrogen (secondary N) is 2. The second kappa shape index (κ2) is 9.49. The predicted molar refractivity (Wildman–Crippen MR) is 123 cm³/mol. The van der Waals surface area contributed by atoms with Crippen LogP contribution in [-0.4, -0.2) is 64.3 Å². The van der Waals surface area contributed by atoms with Gasteiger partial charge in [-0.25, -0.2) is 18.7 Å². The number of hydrogen-bond donors (Lipinski definition) is 3. The van der Waals surface area contributed by atoms with Gasteiger partial charge in [0, 0.05) is 63.8 Å². The number of halogens is 2. The Morgan fingerprint density at radius 1 is 1.22 bits per heavy atom. The predicted octanol–water partition coefficient (Wildman–Crippen LogP) is 3.67. The molecule has 170 valence electrons. The van der Waals surface area contributed by atoms with Crippen LogP contribution < -0.4 is 14.9 Å². The number of hydrogen-bond acceptors (Lipinski definition) is 9. The lowest BCUT2D eigenvalue weighted by Crippen LogP contribution is -2.47. The second-order valence-electron chi connectivity index (χ2n) is 7.66. The summed E-state index contributed by atoms with van der Waals surface area (Å²) in [6, 6.07) is 9.49. The first-order valence-corrected chi connectivity index (χ1v) is 11.0. The van der Waals surface area contributed by atoms with E-state index >= 15 is 0 Å². The molecule has 2 aromatic heterocycles. The Balaban J connectivity index is 1.60. The SMILES string of the molecule is CN(O)SN(C)c1ccc(-c2cc3nccnc3c(NCC3CNCCC3(F)F)n2)cc1. The van der Waals surface area contributed by atoms with Gasteiger partial charge in [0.25, 0.3) is 5.92 Å². The van der Waals surface area contributed by atoms with Crippen LogP contribution in [0.3, 0.4) is 0 Å². The molecule has 1 atom stereocenters. The van der Waals surface area contributed by atoms with Gasteiger partial charge in [0.2, 0.25) is 0 Å². The van der Waals surface area contributed by atoms with E-state index in [-0.39, 0.29) is 19.5 Å². The minimum Gasteiger partial charge on any atom is -0.368 e. The van der Waals surface area contributed by atoms with Crippen LogP contribution in [-0.2, 0) is 0 Å². The molecule has 8 nitrogen and oxygen atoms in total. The van der Waals surface area contributed by atoms with E-state index in [1.807, 2.05) is 41.7 Å². The van der Waals surface area contributed by atoms with E-state index in [0.717, 1.165) is 27.9 Å². The van der Waals surface area contributed by atoms with Crippen LogP contribution in [0, 0.1) is 5.92 Å². The number of piperidine rings is 1. The summed E-state index contributed by atoms with van der Waals surface area (Å²) in [5.74, 6) is -3.11. The van der Waals surface area contributed by atoms with Gasteiger partial charge < -0.3 is 20.1 Å². The number of alkyl halides is 2. The fourth-order valence-corrected chi connectivity index (χ4v) is 4.21. The first kappa shape index (κ1) is 22.6. The maximum absolute atomic E-state index is 14.3. The van der Waals surface area contributed by atoms with Crippen LogP contribution >= 0.6 is 12.1 Å². The van der Waals surface area contributed by atoms with Crippen LogP contribution in [0.1, 0.15) is 6.42 Å². The average Bonchev–Trinajstić information content (AvgIpc) is 2.77. The summed E-state index contributed by atoms with van der Waals surface area (Å²) < 4.78 is 31.3. The van der Waals surface area contributed by atoms with Gasteiger partial charge >= 0.3 is 0 Å². The first-order chi connectivity index (χ1) is 15.3. The number of rotatable bonds is 7. The van der Waals surface area contributed by atoms with Gasteiger partial charge in [0.05, 0.1) is 29.3 Å². The Bertz CT molecular complexity index is 1070. The lowest BCUT2D eigenvalue weighted by atomic mass is 9.95. The van der Waals surface area contributed by atoms with E-state index in [2.05, 4.69) is 25.6 Å². The molecule has 11 heteroatoms. The molecule has 3 N–H and O–H groups in total. The summed E-state index contributed by atoms with van der Waals surface area (Å²) >= 11 is 1.15. The van der Waals surface area contributed by atoms with Crippen molar-refractivity contribution in [3.63, 3.8) is 0 Å². The van der Waals surface area contributed by atoms with Crippen molar-refractivity contribution in [3.8, 4) is 11.3 Å². The van der Waals surface area contributed by atoms with Gasteiger partial charge in [-0.3, -0.25) is 4.98 Å². The summed E-state index contributed by atoms with van der Waals surface area (Å²) in [4.78, 5) is 13.4. The molecule has 4 rings (SSSR count). The van der Waals surface area contributed by atoms with E-state index in [4.69, 9.17) is 0 Å². The van der Waals surface area contributed by atoms with Gasteiger partial charge in [0.1, 0.15) is 5.52 Å². The largest absolute Gasteiger partial charge is 0.368 e. The Labute approximate surface area is 189 Å². The van der Waals surface area contributed by atoms with Crippen molar-refractivity contribution >= 4 is 34.7 Å². The highest BCUT2D eigenvalue weighted by Gasteiger charge is 2.41. The molecule has 1 saturated heterocycles. The standard InChI is InChI=1S/C21H25F2N7OS/c1-29(32-30(2)31)16-5-3-14(4-6-16)17-11-18-19(26-10-9-25-18)20(28-17)27-13-15-12-24-8-7-21(15,22)23/h3-6,9-11,15,24,31H,7-8,12-13H2,1-2H3,(H,27,28). The number of hydroxylamine groups is 1. The molecule has 1 unspecified atom stereocenters. The van der Waals surface area contributed by atoms with Crippen LogP contribution in [0.2, 0.25) is 0 Å². The summed E-state index contributed by atoms with van der Waals surface area (Å²) in [6.07, 6.45) is 2.99. The molecular weight excluding hydrogens is 436 g/mol. The third-order valence-corrected chi connectivity index (χ3v) is 6.05. The number of aromatic nitrogens is 3. The van der Waals surface area contributed by atoms with Gasteiger partial charge in [-0.15, -0.1) is 4.47 Å². The molecule has 0 spiro atoms. The molecule has 3 heterocycles. The van der Waals surface area contributed by atoms with Crippen LogP contribution in [0.5, 0.6) is 0 Å². The van der Waals surface area contributed by atoms with Gasteiger partial charge in [-0.1, -0.05) is 12.1 Å². The molecule has 32 heavy (non-hydrogen) atoms. The molecule has 1 aliphatic rings. The highest BCUT2D eigenvalue weighted by atomic mass is 32.2. The van der Waals surface area contributed by atoms with Gasteiger partial charge in [-0.05, 0) is 18.2 Å². The van der Waals surface area contributed by atoms with E-state index in [1.165, 1.54) is 0 Å². The molecule has 0 bridgehead atoms. The van der Waals surface area contributed by atoms with Crippen LogP contribution in [0.4, 0.5) is 20.3 Å². The lowest BCUT2D eigenvalue weighted by Gasteiger charge is -2.32. The minimum atomic E-state index is -2.72. The zero-order chi connectivity index (χ0) is 22.7. The monoisotopic (exact) mass is 461 g/mol. The summed E-state index contributed by atoms with van der Waals surface area (Å²) in [5, 5.41) is 15.5. The molecule has 0 saturated carbocycles. The van der Waals surface area contributed by atoms with Crippen molar-refractivity contribution in [2.24, 2.45) is 5.92 Å². The lowest BCUT2D eigenvalue weighted by molar-refractivity contribution is -0.0728. The third kappa shape index (κ3) is 5.07.